The van der Waals surface area contributed by atoms with Gasteiger partial charge in [-0.1, -0.05) is 0 Å². The zero-order valence-electron chi connectivity index (χ0n) is 16.3. The Labute approximate surface area is 169 Å². The molecule has 4 heterocycles. The van der Waals surface area contributed by atoms with E-state index in [0.717, 1.165) is 67.2 Å². The van der Waals surface area contributed by atoms with E-state index in [0.29, 0.717) is 5.82 Å². The molecule has 3 N–H and O–H groups in total. The highest BCUT2D eigenvalue weighted by atomic mass is 32.1. The fourth-order valence-corrected chi connectivity index (χ4v) is 4.48. The molecule has 0 aromatic carbocycles. The monoisotopic (exact) mass is 398 g/mol. The number of aromatic nitrogens is 2. The van der Waals surface area contributed by atoms with Gasteiger partial charge in [0.25, 0.3) is 0 Å². The van der Waals surface area contributed by atoms with Crippen molar-refractivity contribution in [2.24, 2.45) is 10.9 Å². The molecule has 1 aliphatic heterocycles. The number of thiophene rings is 1. The van der Waals surface area contributed by atoms with Gasteiger partial charge in [-0.05, 0) is 49.4 Å². The summed E-state index contributed by atoms with van der Waals surface area (Å²) in [6.45, 7) is 1.79. The van der Waals surface area contributed by atoms with Crippen LogP contribution in [0, 0.1) is 5.92 Å². The molecule has 1 saturated heterocycles. The van der Waals surface area contributed by atoms with Gasteiger partial charge in [-0.15, -0.1) is 11.3 Å². The molecule has 0 bridgehead atoms. The summed E-state index contributed by atoms with van der Waals surface area (Å²) in [4.78, 5) is 15.7. The van der Waals surface area contributed by atoms with E-state index in [9.17, 15) is 0 Å². The van der Waals surface area contributed by atoms with Gasteiger partial charge in [-0.3, -0.25) is 4.99 Å². The minimum Gasteiger partial charge on any atom is -0.400 e. The summed E-state index contributed by atoms with van der Waals surface area (Å²) in [7, 11) is 2.72. The Hall–Kier alpha value is -2.35. The van der Waals surface area contributed by atoms with Crippen LogP contribution in [0.25, 0.3) is 21.5 Å². The number of aliphatic hydroxyl groups is 1. The van der Waals surface area contributed by atoms with Crippen LogP contribution in [0.3, 0.4) is 0 Å². The van der Waals surface area contributed by atoms with E-state index in [2.05, 4.69) is 22.1 Å². The predicted molar refractivity (Wildman–Crippen MR) is 116 cm³/mol. The number of ether oxygens (including phenoxy) is 1. The number of hydrogen-bond acceptors (Lipinski definition) is 7. The number of anilines is 1. The lowest BCUT2D eigenvalue weighted by Gasteiger charge is -2.21. The average molecular weight is 399 g/mol. The molecule has 0 atom stereocenters. The third-order valence-corrected chi connectivity index (χ3v) is 5.85. The predicted octanol–water partition coefficient (Wildman–Crippen LogP) is 3.57. The third kappa shape index (κ3) is 4.73. The van der Waals surface area contributed by atoms with Gasteiger partial charge in [0.2, 0.25) is 0 Å². The van der Waals surface area contributed by atoms with Crippen molar-refractivity contribution in [3.05, 3.63) is 40.9 Å². The molecule has 1 aliphatic rings. The van der Waals surface area contributed by atoms with E-state index in [1.807, 2.05) is 12.1 Å². The van der Waals surface area contributed by atoms with Crippen molar-refractivity contribution in [2.75, 3.05) is 33.1 Å². The minimum atomic E-state index is 0.482. The van der Waals surface area contributed by atoms with Crippen LogP contribution < -0.4 is 5.73 Å². The smallest absolute Gasteiger partial charge is 0.132 e. The Balaban J connectivity index is 0.00000109. The topological polar surface area (TPSA) is 93.6 Å². The Morgan fingerprint density at radius 2 is 2.07 bits per heavy atom. The average Bonchev–Trinajstić information content (AvgIpc) is 3.13. The van der Waals surface area contributed by atoms with E-state index >= 15 is 0 Å². The number of nitrogens with two attached hydrogens (primary N) is 1. The summed E-state index contributed by atoms with van der Waals surface area (Å²) in [6, 6.07) is 8.46. The first-order chi connectivity index (χ1) is 13.7. The quantitative estimate of drug-likeness (QED) is 0.655. The molecule has 0 saturated carbocycles. The number of fused-ring (bicyclic) bond motifs is 1. The van der Waals surface area contributed by atoms with Gasteiger partial charge < -0.3 is 15.6 Å². The fraction of sp³-hybridized carbons (Fsp3) is 0.381. The molecule has 1 fully saturated rings. The number of rotatable bonds is 4. The molecular formula is C21H26N4O2S. The highest BCUT2D eigenvalue weighted by Gasteiger charge is 2.16. The van der Waals surface area contributed by atoms with Crippen molar-refractivity contribution in [3.8, 4) is 11.3 Å². The highest BCUT2D eigenvalue weighted by Crippen LogP contribution is 2.31. The standard InChI is InChI=1S/C20H22N4OS.CH4O/c1-22-11-16-9-15(12-23-19(16)21)18-3-2-14-10-17(26-20(14)24-18)8-13-4-6-25-7-5-13;1-2/h2-3,9-13H,4-8H2,1H3,(H2,21,23);2H,1H3. The van der Waals surface area contributed by atoms with Crippen LogP contribution in [0.1, 0.15) is 23.3 Å². The molecule has 3 aromatic rings. The first-order valence-electron chi connectivity index (χ1n) is 9.33. The van der Waals surface area contributed by atoms with Crippen molar-refractivity contribution < 1.29 is 9.84 Å². The number of aliphatic hydroxyl groups excluding tert-OH is 1. The molecule has 3 aromatic heterocycles. The van der Waals surface area contributed by atoms with E-state index in [4.69, 9.17) is 20.6 Å². The van der Waals surface area contributed by atoms with Gasteiger partial charge in [0.05, 0.1) is 5.69 Å². The number of nitrogen functional groups attached to an aromatic ring is 1. The van der Waals surface area contributed by atoms with E-state index < -0.39 is 0 Å². The molecular weight excluding hydrogens is 372 g/mol. The highest BCUT2D eigenvalue weighted by molar-refractivity contribution is 7.18. The normalized spacial score (nSPS) is 15.0. The van der Waals surface area contributed by atoms with E-state index in [1.54, 1.807) is 30.8 Å². The van der Waals surface area contributed by atoms with Crippen molar-refractivity contribution in [3.63, 3.8) is 0 Å². The second kappa shape index (κ2) is 9.73. The summed E-state index contributed by atoms with van der Waals surface area (Å²) in [6.07, 6.45) is 6.94. The fourth-order valence-electron chi connectivity index (χ4n) is 3.34. The van der Waals surface area contributed by atoms with Gasteiger partial charge in [0.15, 0.2) is 0 Å². The van der Waals surface area contributed by atoms with Crippen molar-refractivity contribution >= 4 is 33.6 Å². The van der Waals surface area contributed by atoms with Crippen LogP contribution in [0.2, 0.25) is 0 Å². The Bertz CT molecular complexity index is 949. The first kappa shape index (κ1) is 20.4. The Kier molecular flexibility index (Phi) is 7.08. The van der Waals surface area contributed by atoms with Crippen LogP contribution in [-0.2, 0) is 11.2 Å². The number of aliphatic imine (C=N–C) groups is 1. The van der Waals surface area contributed by atoms with Gasteiger partial charge in [0.1, 0.15) is 10.6 Å². The maximum absolute atomic E-state index is 7.00. The lowest BCUT2D eigenvalue weighted by molar-refractivity contribution is 0.0667. The second-order valence-corrected chi connectivity index (χ2v) is 7.76. The molecule has 7 heteroatoms. The molecule has 6 nitrogen and oxygen atoms in total. The summed E-state index contributed by atoms with van der Waals surface area (Å²) < 4.78 is 5.46. The first-order valence-corrected chi connectivity index (χ1v) is 10.1. The van der Waals surface area contributed by atoms with E-state index in [1.165, 1.54) is 10.3 Å². The maximum Gasteiger partial charge on any atom is 0.132 e. The summed E-state index contributed by atoms with van der Waals surface area (Å²) >= 11 is 1.79. The lowest BCUT2D eigenvalue weighted by Crippen LogP contribution is -2.17. The molecule has 0 spiro atoms. The maximum atomic E-state index is 7.00. The third-order valence-electron chi connectivity index (χ3n) is 4.78. The van der Waals surface area contributed by atoms with Crippen LogP contribution in [0.15, 0.2) is 35.5 Å². The molecule has 0 radical (unpaired) electrons. The lowest BCUT2D eigenvalue weighted by atomic mass is 9.96. The zero-order chi connectivity index (χ0) is 19.9. The number of pyridine rings is 2. The van der Waals surface area contributed by atoms with Gasteiger partial charge in [-0.2, -0.15) is 0 Å². The molecule has 0 aliphatic carbocycles. The zero-order valence-corrected chi connectivity index (χ0v) is 17.1. The number of hydrogen-bond donors (Lipinski definition) is 2. The Morgan fingerprint density at radius 3 is 2.82 bits per heavy atom. The molecule has 148 valence electrons. The van der Waals surface area contributed by atoms with Crippen molar-refractivity contribution in [1.29, 1.82) is 0 Å². The van der Waals surface area contributed by atoms with Gasteiger partial charge >= 0.3 is 0 Å². The van der Waals surface area contributed by atoms with Gasteiger partial charge in [-0.25, -0.2) is 9.97 Å². The van der Waals surface area contributed by atoms with Crippen LogP contribution in [0.4, 0.5) is 5.82 Å². The van der Waals surface area contributed by atoms with Crippen molar-refractivity contribution in [2.45, 2.75) is 19.3 Å². The second-order valence-electron chi connectivity index (χ2n) is 6.65. The van der Waals surface area contributed by atoms with Gasteiger partial charge in [0, 0.05) is 61.2 Å². The largest absolute Gasteiger partial charge is 0.400 e. The molecule has 0 amide bonds. The van der Waals surface area contributed by atoms with Crippen LogP contribution >= 0.6 is 11.3 Å². The Morgan fingerprint density at radius 1 is 1.29 bits per heavy atom. The SMILES string of the molecule is CN=Cc1cc(-c2ccc3cc(CC4CCOCC4)sc3n2)cnc1N.CO. The summed E-state index contributed by atoms with van der Waals surface area (Å²) in [5.41, 5.74) is 8.59. The summed E-state index contributed by atoms with van der Waals surface area (Å²) in [5, 5.41) is 8.21. The van der Waals surface area contributed by atoms with Crippen molar-refractivity contribution in [1.82, 2.24) is 9.97 Å². The van der Waals surface area contributed by atoms with E-state index in [-0.39, 0.29) is 0 Å². The van der Waals surface area contributed by atoms with Crippen LogP contribution in [-0.4, -0.2) is 48.7 Å². The molecule has 28 heavy (non-hydrogen) atoms. The minimum absolute atomic E-state index is 0.482. The van der Waals surface area contributed by atoms with Crippen LogP contribution in [0.5, 0.6) is 0 Å². The molecule has 0 unspecified atom stereocenters. The number of nitrogens with zero attached hydrogens (tertiary/aromatic N) is 3. The molecule has 4 rings (SSSR count). The summed E-state index contributed by atoms with van der Waals surface area (Å²) in [5.74, 6) is 1.21.